The Labute approximate surface area is 312 Å². The molecule has 0 saturated heterocycles. The molecular formula is C53H42. The van der Waals surface area contributed by atoms with Gasteiger partial charge in [-0.1, -0.05) is 157 Å². The lowest BCUT2D eigenvalue weighted by atomic mass is 9.70. The van der Waals surface area contributed by atoms with Crippen LogP contribution >= 0.6 is 0 Å². The number of fused-ring (bicyclic) bond motifs is 10. The Balaban J connectivity index is 1.23. The second-order valence-corrected chi connectivity index (χ2v) is 17.3. The Hall–Kier alpha value is -5.72. The average molecular weight is 679 g/mol. The maximum absolute atomic E-state index is 2.55. The summed E-state index contributed by atoms with van der Waals surface area (Å²) in [6.07, 6.45) is 4.95. The summed E-state index contributed by atoms with van der Waals surface area (Å²) in [5, 5.41) is 5.34. The summed E-state index contributed by atoms with van der Waals surface area (Å²) in [5.74, 6) is 0. The summed E-state index contributed by atoms with van der Waals surface area (Å²) in [6.45, 7) is 14.4. The molecule has 0 amide bonds. The molecule has 0 nitrogen and oxygen atoms in total. The van der Waals surface area contributed by atoms with E-state index in [2.05, 4.69) is 187 Å². The van der Waals surface area contributed by atoms with Crippen molar-refractivity contribution in [1.29, 1.82) is 0 Å². The fourth-order valence-electron chi connectivity index (χ4n) is 10.7. The number of hydrogen-bond donors (Lipinski definition) is 0. The quantitative estimate of drug-likeness (QED) is 0.171. The SMILES string of the molecule is CC1(C)c2ccccc2-c2ccc(-c3c4c(cc5c3=Cc3ccccc3C5(C)C)=c3c(-c5ccc6c(c5)C(C)(C)c5ccccc5-6)cccc3=C4)cc21. The molecule has 53 heavy (non-hydrogen) atoms. The highest BCUT2D eigenvalue weighted by atomic mass is 14.4. The van der Waals surface area contributed by atoms with Crippen molar-refractivity contribution in [3.63, 3.8) is 0 Å². The van der Waals surface area contributed by atoms with Gasteiger partial charge in [-0.2, -0.15) is 0 Å². The highest BCUT2D eigenvalue weighted by Gasteiger charge is 2.38. The first-order valence-electron chi connectivity index (χ1n) is 19.2. The molecule has 0 bridgehead atoms. The van der Waals surface area contributed by atoms with E-state index in [1.165, 1.54) is 110 Å². The Kier molecular flexibility index (Phi) is 5.96. The molecule has 11 rings (SSSR count). The van der Waals surface area contributed by atoms with Crippen molar-refractivity contribution < 1.29 is 0 Å². The summed E-state index contributed by atoms with van der Waals surface area (Å²) in [4.78, 5) is 0. The molecule has 254 valence electrons. The molecule has 4 aliphatic rings. The monoisotopic (exact) mass is 678 g/mol. The largest absolute Gasteiger partial charge is 0.0619 e. The zero-order valence-electron chi connectivity index (χ0n) is 31.4. The third-order valence-corrected chi connectivity index (χ3v) is 13.4. The first kappa shape index (κ1) is 30.9. The van der Waals surface area contributed by atoms with Crippen LogP contribution in [0.25, 0.3) is 56.7 Å². The maximum atomic E-state index is 2.55. The van der Waals surface area contributed by atoms with Crippen LogP contribution in [0.4, 0.5) is 0 Å². The molecule has 0 unspecified atom stereocenters. The summed E-state index contributed by atoms with van der Waals surface area (Å²) >= 11 is 0. The van der Waals surface area contributed by atoms with Gasteiger partial charge in [-0.15, -0.1) is 0 Å². The standard InChI is InChI=1S/C53H42/c1-51(2)43-19-10-7-14-32(43)26-42-48(51)30-41-40(50(42)34-23-25-39-37-17-9-12-21-45(37)53(5,6)47(39)29-34)27-33-15-13-18-35(49(33)41)31-22-24-38-36-16-8-11-20-44(36)52(3,4)46(38)28-31/h7-30H,1-6H3. The van der Waals surface area contributed by atoms with Gasteiger partial charge in [-0.25, -0.2) is 0 Å². The predicted molar refractivity (Wildman–Crippen MR) is 222 cm³/mol. The van der Waals surface area contributed by atoms with Crippen molar-refractivity contribution in [2.24, 2.45) is 0 Å². The predicted octanol–water partition coefficient (Wildman–Crippen LogP) is 11.5. The van der Waals surface area contributed by atoms with E-state index in [4.69, 9.17) is 0 Å². The zero-order chi connectivity index (χ0) is 36.0. The average Bonchev–Trinajstić information content (AvgIpc) is 3.73. The lowest BCUT2D eigenvalue weighted by molar-refractivity contribution is 0.629. The van der Waals surface area contributed by atoms with Gasteiger partial charge in [0, 0.05) is 16.2 Å². The van der Waals surface area contributed by atoms with Crippen molar-refractivity contribution in [3.8, 4) is 44.5 Å². The third-order valence-electron chi connectivity index (χ3n) is 13.4. The van der Waals surface area contributed by atoms with Crippen LogP contribution in [0.15, 0.2) is 133 Å². The molecule has 0 heterocycles. The third kappa shape index (κ3) is 3.97. The van der Waals surface area contributed by atoms with E-state index in [-0.39, 0.29) is 16.2 Å². The molecule has 0 atom stereocenters. The zero-order valence-corrected chi connectivity index (χ0v) is 31.4. The van der Waals surface area contributed by atoms with Crippen LogP contribution in [-0.4, -0.2) is 0 Å². The summed E-state index contributed by atoms with van der Waals surface area (Å²) in [6, 6.07) is 50.9. The fourth-order valence-corrected chi connectivity index (χ4v) is 10.7. The van der Waals surface area contributed by atoms with Crippen molar-refractivity contribution >= 4 is 12.2 Å². The maximum Gasteiger partial charge on any atom is 0.0159 e. The topological polar surface area (TPSA) is 0 Å². The van der Waals surface area contributed by atoms with Crippen molar-refractivity contribution in [3.05, 3.63) is 199 Å². The molecule has 0 fully saturated rings. The molecule has 0 radical (unpaired) electrons. The van der Waals surface area contributed by atoms with E-state index in [1.54, 1.807) is 0 Å². The van der Waals surface area contributed by atoms with Crippen molar-refractivity contribution in [1.82, 2.24) is 0 Å². The van der Waals surface area contributed by atoms with Gasteiger partial charge < -0.3 is 0 Å². The van der Waals surface area contributed by atoms with Crippen LogP contribution < -0.4 is 10.4 Å². The first-order valence-corrected chi connectivity index (χ1v) is 19.2. The van der Waals surface area contributed by atoms with Gasteiger partial charge in [0.1, 0.15) is 0 Å². The van der Waals surface area contributed by atoms with Crippen LogP contribution in [0.1, 0.15) is 86.1 Å². The Morgan fingerprint density at radius 2 is 0.906 bits per heavy atom. The van der Waals surface area contributed by atoms with E-state index in [0.29, 0.717) is 0 Å². The van der Waals surface area contributed by atoms with E-state index >= 15 is 0 Å². The summed E-state index contributed by atoms with van der Waals surface area (Å²) in [7, 11) is 0. The van der Waals surface area contributed by atoms with Crippen LogP contribution in [0.3, 0.4) is 0 Å². The van der Waals surface area contributed by atoms with E-state index in [1.807, 2.05) is 0 Å². The lowest BCUT2D eigenvalue weighted by Gasteiger charge is -2.33. The molecular weight excluding hydrogens is 637 g/mol. The second-order valence-electron chi connectivity index (χ2n) is 17.3. The first-order chi connectivity index (χ1) is 25.5. The van der Waals surface area contributed by atoms with Crippen LogP contribution in [0, 0.1) is 10.4 Å². The number of hydrogen-bond acceptors (Lipinski definition) is 0. The van der Waals surface area contributed by atoms with Crippen LogP contribution in [0.5, 0.6) is 0 Å². The number of benzene rings is 7. The molecule has 7 aromatic rings. The van der Waals surface area contributed by atoms with Crippen LogP contribution in [-0.2, 0) is 16.2 Å². The molecule has 0 spiro atoms. The minimum absolute atomic E-state index is 0.0512. The Morgan fingerprint density at radius 1 is 0.377 bits per heavy atom. The second kappa shape index (κ2) is 10.2. The molecule has 0 aliphatic heterocycles. The van der Waals surface area contributed by atoms with E-state index in [9.17, 15) is 0 Å². The van der Waals surface area contributed by atoms with Gasteiger partial charge in [0.05, 0.1) is 0 Å². The van der Waals surface area contributed by atoms with Gasteiger partial charge in [-0.05, 0) is 140 Å². The molecule has 0 heteroatoms. The lowest BCUT2D eigenvalue weighted by Crippen LogP contribution is -2.33. The molecule has 4 aliphatic carbocycles. The van der Waals surface area contributed by atoms with Gasteiger partial charge in [0.15, 0.2) is 0 Å². The highest BCUT2D eigenvalue weighted by Crippen LogP contribution is 2.51. The van der Waals surface area contributed by atoms with Gasteiger partial charge in [0.2, 0.25) is 0 Å². The normalized spacial score (nSPS) is 16.5. The Morgan fingerprint density at radius 3 is 1.58 bits per heavy atom. The van der Waals surface area contributed by atoms with E-state index < -0.39 is 0 Å². The van der Waals surface area contributed by atoms with Crippen molar-refractivity contribution in [2.75, 3.05) is 0 Å². The molecule has 0 saturated carbocycles. The van der Waals surface area contributed by atoms with Gasteiger partial charge >= 0.3 is 0 Å². The summed E-state index contributed by atoms with van der Waals surface area (Å²) in [5.41, 5.74) is 21.5. The minimum Gasteiger partial charge on any atom is -0.0619 e. The minimum atomic E-state index is -0.169. The molecule has 7 aromatic carbocycles. The van der Waals surface area contributed by atoms with E-state index in [0.717, 1.165) is 0 Å². The van der Waals surface area contributed by atoms with Crippen LogP contribution in [0.2, 0.25) is 0 Å². The molecule has 0 aromatic heterocycles. The Bertz CT molecular complexity index is 3020. The fraction of sp³-hybridized carbons (Fsp3) is 0.170. The number of rotatable bonds is 2. The van der Waals surface area contributed by atoms with Gasteiger partial charge in [-0.3, -0.25) is 0 Å². The molecule has 0 N–H and O–H groups in total. The van der Waals surface area contributed by atoms with Gasteiger partial charge in [0.25, 0.3) is 0 Å². The highest BCUT2D eigenvalue weighted by molar-refractivity contribution is 5.89. The van der Waals surface area contributed by atoms with Crippen molar-refractivity contribution in [2.45, 2.75) is 57.8 Å². The smallest absolute Gasteiger partial charge is 0.0159 e. The summed E-state index contributed by atoms with van der Waals surface area (Å²) < 4.78 is 0.